The lowest BCUT2D eigenvalue weighted by atomic mass is 10.1. The van der Waals surface area contributed by atoms with Crippen LogP contribution in [0.1, 0.15) is 12.5 Å². The van der Waals surface area contributed by atoms with E-state index < -0.39 is 6.16 Å². The van der Waals surface area contributed by atoms with Gasteiger partial charge < -0.3 is 23.9 Å². The number of rotatable bonds is 6. The molecule has 4 rings (SSSR count). The first-order valence-electron chi connectivity index (χ1n) is 8.91. The number of H-pyrrole nitrogens is 1. The highest BCUT2D eigenvalue weighted by Crippen LogP contribution is 2.39. The van der Waals surface area contributed by atoms with Gasteiger partial charge in [-0.05, 0) is 19.1 Å². The third-order valence-corrected chi connectivity index (χ3v) is 4.17. The van der Waals surface area contributed by atoms with Crippen LogP contribution in [0.4, 0.5) is 4.79 Å². The van der Waals surface area contributed by atoms with E-state index >= 15 is 0 Å². The molecule has 0 radical (unpaired) electrons. The first-order chi connectivity index (χ1) is 14.2. The van der Waals surface area contributed by atoms with E-state index in [-0.39, 0.29) is 19.1 Å². The van der Waals surface area contributed by atoms with Crippen molar-refractivity contribution in [1.29, 1.82) is 0 Å². The van der Waals surface area contributed by atoms with Gasteiger partial charge in [0.1, 0.15) is 5.75 Å². The Hall–Kier alpha value is -3.72. The van der Waals surface area contributed by atoms with Crippen LogP contribution in [-0.4, -0.2) is 39.8 Å². The van der Waals surface area contributed by atoms with E-state index in [4.69, 9.17) is 18.9 Å². The van der Waals surface area contributed by atoms with Crippen LogP contribution >= 0.6 is 0 Å². The highest BCUT2D eigenvalue weighted by atomic mass is 16.7. The second-order valence-electron chi connectivity index (χ2n) is 6.00. The zero-order chi connectivity index (χ0) is 20.2. The van der Waals surface area contributed by atoms with Crippen LogP contribution in [0.5, 0.6) is 17.5 Å². The summed E-state index contributed by atoms with van der Waals surface area (Å²) in [5.74, 6) is 1.05. The topological polar surface area (TPSA) is 108 Å². The van der Waals surface area contributed by atoms with Gasteiger partial charge >= 0.3 is 6.16 Å². The van der Waals surface area contributed by atoms with Crippen molar-refractivity contribution in [2.75, 3.05) is 13.7 Å². The first-order valence-corrected chi connectivity index (χ1v) is 8.91. The number of ether oxygens (including phenoxy) is 4. The fraction of sp³-hybridized carbons (Fsp3) is 0.200. The molecule has 1 aromatic carbocycles. The van der Waals surface area contributed by atoms with Crippen molar-refractivity contribution >= 4 is 28.0 Å². The minimum Gasteiger partial charge on any atom is -0.437 e. The van der Waals surface area contributed by atoms with Crippen LogP contribution in [-0.2, 0) is 16.1 Å². The molecule has 0 unspecified atom stereocenters. The molecule has 0 aliphatic heterocycles. The largest absolute Gasteiger partial charge is 0.515 e. The molecule has 4 aromatic rings. The summed E-state index contributed by atoms with van der Waals surface area (Å²) in [6.45, 7) is 2.07. The van der Waals surface area contributed by atoms with Crippen molar-refractivity contribution < 1.29 is 23.7 Å². The highest BCUT2D eigenvalue weighted by Gasteiger charge is 2.20. The summed E-state index contributed by atoms with van der Waals surface area (Å²) in [7, 11) is 1.55. The number of pyridine rings is 1. The molecule has 9 heteroatoms. The molecule has 0 aliphatic carbocycles. The number of benzene rings is 1. The molecule has 0 amide bonds. The van der Waals surface area contributed by atoms with Crippen LogP contribution in [0.25, 0.3) is 21.8 Å². The van der Waals surface area contributed by atoms with Gasteiger partial charge in [0.25, 0.3) is 0 Å². The summed E-state index contributed by atoms with van der Waals surface area (Å²) in [6, 6.07) is 5.61. The Bertz CT molecular complexity index is 1160. The monoisotopic (exact) mass is 394 g/mol. The molecular formula is C20H18N4O5. The third-order valence-electron chi connectivity index (χ3n) is 4.17. The molecule has 0 atom stereocenters. The lowest BCUT2D eigenvalue weighted by Crippen LogP contribution is -2.12. The minimum atomic E-state index is -0.826. The van der Waals surface area contributed by atoms with Gasteiger partial charge in [0.05, 0.1) is 47.6 Å². The smallest absolute Gasteiger partial charge is 0.437 e. The van der Waals surface area contributed by atoms with E-state index in [1.807, 2.05) is 18.2 Å². The summed E-state index contributed by atoms with van der Waals surface area (Å²) >= 11 is 0. The zero-order valence-corrected chi connectivity index (χ0v) is 15.8. The zero-order valence-electron chi connectivity index (χ0n) is 15.8. The fourth-order valence-electron chi connectivity index (χ4n) is 3.08. The first kappa shape index (κ1) is 18.6. The molecule has 0 saturated carbocycles. The third kappa shape index (κ3) is 3.67. The molecule has 0 bridgehead atoms. The second kappa shape index (κ2) is 8.11. The van der Waals surface area contributed by atoms with Gasteiger partial charge in [-0.3, -0.25) is 4.98 Å². The van der Waals surface area contributed by atoms with Crippen molar-refractivity contribution in [3.63, 3.8) is 0 Å². The highest BCUT2D eigenvalue weighted by molar-refractivity contribution is 6.12. The Kier molecular flexibility index (Phi) is 5.21. The molecule has 3 heterocycles. The summed E-state index contributed by atoms with van der Waals surface area (Å²) in [5.41, 5.74) is 2.17. The number of methoxy groups -OCH3 is 1. The molecular weight excluding hydrogens is 376 g/mol. The Balaban J connectivity index is 1.90. The van der Waals surface area contributed by atoms with Crippen LogP contribution in [0, 0.1) is 0 Å². The van der Waals surface area contributed by atoms with Crippen LogP contribution in [0.15, 0.2) is 43.0 Å². The summed E-state index contributed by atoms with van der Waals surface area (Å²) < 4.78 is 21.5. The number of carbonyl (C=O) groups excluding carboxylic acids is 1. The molecule has 0 spiro atoms. The quantitative estimate of drug-likeness (QED) is 0.489. The van der Waals surface area contributed by atoms with Gasteiger partial charge in [0, 0.05) is 24.9 Å². The molecule has 0 saturated heterocycles. The van der Waals surface area contributed by atoms with Crippen molar-refractivity contribution in [3.8, 4) is 17.5 Å². The van der Waals surface area contributed by atoms with E-state index in [1.54, 1.807) is 32.6 Å². The van der Waals surface area contributed by atoms with Crippen LogP contribution < -0.4 is 9.47 Å². The molecule has 1 N–H and O–H groups in total. The molecule has 148 valence electrons. The van der Waals surface area contributed by atoms with Gasteiger partial charge in [-0.1, -0.05) is 6.07 Å². The second-order valence-corrected chi connectivity index (χ2v) is 6.00. The van der Waals surface area contributed by atoms with Crippen molar-refractivity contribution in [3.05, 3.63) is 48.5 Å². The Morgan fingerprint density at radius 3 is 2.76 bits per heavy atom. The Morgan fingerprint density at radius 1 is 1.10 bits per heavy atom. The minimum absolute atomic E-state index is 0.119. The number of nitrogens with zero attached hydrogens (tertiary/aromatic N) is 3. The van der Waals surface area contributed by atoms with E-state index in [9.17, 15) is 4.79 Å². The fourth-order valence-corrected chi connectivity index (χ4v) is 3.08. The SMILES string of the molecule is CCOC(=O)Oc1ncc2[nH]c3cccc(Oc4cnccn4)c3c2c1COC. The summed E-state index contributed by atoms with van der Waals surface area (Å²) in [4.78, 5) is 27.6. The maximum absolute atomic E-state index is 11.8. The van der Waals surface area contributed by atoms with Crippen molar-refractivity contribution in [2.45, 2.75) is 13.5 Å². The van der Waals surface area contributed by atoms with E-state index in [1.165, 1.54) is 6.20 Å². The van der Waals surface area contributed by atoms with E-state index in [0.29, 0.717) is 17.2 Å². The number of carbonyl (C=O) groups is 1. The number of hydrogen-bond donors (Lipinski definition) is 1. The number of aromatic nitrogens is 4. The maximum atomic E-state index is 11.8. The number of aromatic amines is 1. The number of hydrogen-bond acceptors (Lipinski definition) is 8. The van der Waals surface area contributed by atoms with Crippen LogP contribution in [0.2, 0.25) is 0 Å². The maximum Gasteiger partial charge on any atom is 0.515 e. The van der Waals surface area contributed by atoms with Crippen LogP contribution in [0.3, 0.4) is 0 Å². The molecule has 29 heavy (non-hydrogen) atoms. The lowest BCUT2D eigenvalue weighted by Gasteiger charge is -2.11. The van der Waals surface area contributed by atoms with Crippen molar-refractivity contribution in [1.82, 2.24) is 19.9 Å². The number of nitrogens with one attached hydrogen (secondary N) is 1. The van der Waals surface area contributed by atoms with Gasteiger partial charge in [-0.15, -0.1) is 0 Å². The van der Waals surface area contributed by atoms with Gasteiger partial charge in [-0.2, -0.15) is 0 Å². The lowest BCUT2D eigenvalue weighted by molar-refractivity contribution is 0.101. The van der Waals surface area contributed by atoms with Gasteiger partial charge in [0.2, 0.25) is 11.8 Å². The van der Waals surface area contributed by atoms with E-state index in [0.717, 1.165) is 21.8 Å². The summed E-state index contributed by atoms with van der Waals surface area (Å²) in [5, 5.41) is 1.56. The average Bonchev–Trinajstić information content (AvgIpc) is 3.11. The van der Waals surface area contributed by atoms with Gasteiger partial charge in [-0.25, -0.2) is 14.8 Å². The average molecular weight is 394 g/mol. The number of fused-ring (bicyclic) bond motifs is 3. The summed E-state index contributed by atoms with van der Waals surface area (Å²) in [6.07, 6.45) is 5.42. The standard InChI is InChI=1S/C20H18N4O5/c1-3-27-20(25)29-19-12(11-26-2)17-14(9-23-19)24-13-5-4-6-15(18(13)17)28-16-10-21-7-8-22-16/h4-10,24H,3,11H2,1-2H3. The van der Waals surface area contributed by atoms with Crippen molar-refractivity contribution in [2.24, 2.45) is 0 Å². The predicted octanol–water partition coefficient (Wildman–Crippen LogP) is 3.98. The molecule has 3 aromatic heterocycles. The van der Waals surface area contributed by atoms with Gasteiger partial charge in [0.15, 0.2) is 0 Å². The predicted molar refractivity (Wildman–Crippen MR) is 104 cm³/mol. The molecule has 9 nitrogen and oxygen atoms in total. The Labute approximate surface area is 165 Å². The van der Waals surface area contributed by atoms with E-state index in [2.05, 4.69) is 19.9 Å². The molecule has 0 fully saturated rings. The Morgan fingerprint density at radius 2 is 2.00 bits per heavy atom. The molecule has 0 aliphatic rings. The normalized spacial score (nSPS) is 11.0.